The lowest BCUT2D eigenvalue weighted by molar-refractivity contribution is -1.02. The molecule has 27 heavy (non-hydrogen) atoms. The molecule has 0 spiro atoms. The summed E-state index contributed by atoms with van der Waals surface area (Å²) in [5, 5.41) is 2.80. The highest BCUT2D eigenvalue weighted by molar-refractivity contribution is 5.91. The number of ether oxygens (including phenoxy) is 1. The molecule has 2 aromatic rings. The Labute approximate surface area is 159 Å². The number of piperazine rings is 1. The fourth-order valence-corrected chi connectivity index (χ4v) is 3.45. The van der Waals surface area contributed by atoms with Crippen LogP contribution in [-0.2, 0) is 11.3 Å². The molecule has 0 bridgehead atoms. The standard InChI is InChI=1S/C21H26FN3O2/c1-16-3-6-18(13-20(16)22)23-21(26)15-25-11-9-24(10-12-25)14-17-4-7-19(27-2)8-5-17/h3-8,13H,9-12,14-15H2,1-2H3,(H,23,26)/p+2. The SMILES string of the molecule is COc1ccc(C[NH+]2CC[NH+](CC(=O)Nc3ccc(C)c(F)c3)CC2)cc1. The van der Waals surface area contributed by atoms with Crippen molar-refractivity contribution in [1.29, 1.82) is 0 Å². The van der Waals surface area contributed by atoms with E-state index in [-0.39, 0.29) is 11.7 Å². The average molecular weight is 373 g/mol. The Balaban J connectivity index is 1.43. The van der Waals surface area contributed by atoms with Gasteiger partial charge in [-0.2, -0.15) is 0 Å². The Morgan fingerprint density at radius 3 is 2.37 bits per heavy atom. The van der Waals surface area contributed by atoms with E-state index in [0.717, 1.165) is 38.5 Å². The number of nitrogens with one attached hydrogen (secondary N) is 3. The third kappa shape index (κ3) is 5.52. The fraction of sp³-hybridized carbons (Fsp3) is 0.381. The van der Waals surface area contributed by atoms with Crippen LogP contribution < -0.4 is 19.9 Å². The van der Waals surface area contributed by atoms with Crippen molar-refractivity contribution in [3.05, 3.63) is 59.4 Å². The van der Waals surface area contributed by atoms with E-state index < -0.39 is 0 Å². The smallest absolute Gasteiger partial charge is 0.279 e. The lowest BCUT2D eigenvalue weighted by Gasteiger charge is -2.29. The number of quaternary nitrogens is 2. The summed E-state index contributed by atoms with van der Waals surface area (Å²) in [5.41, 5.74) is 2.40. The molecule has 1 aliphatic rings. The number of carbonyl (C=O) groups is 1. The van der Waals surface area contributed by atoms with Crippen molar-refractivity contribution in [1.82, 2.24) is 0 Å². The molecular formula is C21H28FN3O2+2. The van der Waals surface area contributed by atoms with Crippen LogP contribution in [0.2, 0.25) is 0 Å². The van der Waals surface area contributed by atoms with Crippen LogP contribution >= 0.6 is 0 Å². The van der Waals surface area contributed by atoms with Gasteiger partial charge in [0.25, 0.3) is 5.91 Å². The number of anilines is 1. The summed E-state index contributed by atoms with van der Waals surface area (Å²) in [6.45, 7) is 7.11. The minimum absolute atomic E-state index is 0.0631. The lowest BCUT2D eigenvalue weighted by Crippen LogP contribution is -3.28. The molecule has 1 saturated heterocycles. The Morgan fingerprint density at radius 2 is 1.74 bits per heavy atom. The molecule has 0 aliphatic carbocycles. The minimum Gasteiger partial charge on any atom is -0.497 e. The first-order valence-electron chi connectivity index (χ1n) is 9.39. The van der Waals surface area contributed by atoms with Crippen molar-refractivity contribution in [3.63, 3.8) is 0 Å². The summed E-state index contributed by atoms with van der Waals surface area (Å²) in [4.78, 5) is 15.0. The number of aryl methyl sites for hydroxylation is 1. The van der Waals surface area contributed by atoms with Gasteiger partial charge in [0, 0.05) is 11.3 Å². The molecule has 2 aromatic carbocycles. The molecule has 144 valence electrons. The Kier molecular flexibility index (Phi) is 6.42. The van der Waals surface area contributed by atoms with Gasteiger partial charge in [0.2, 0.25) is 0 Å². The Morgan fingerprint density at radius 1 is 1.07 bits per heavy atom. The number of amides is 1. The number of carbonyl (C=O) groups excluding carboxylic acids is 1. The maximum atomic E-state index is 13.6. The van der Waals surface area contributed by atoms with E-state index >= 15 is 0 Å². The van der Waals surface area contributed by atoms with E-state index in [9.17, 15) is 9.18 Å². The Hall–Kier alpha value is -2.44. The molecule has 6 heteroatoms. The van der Waals surface area contributed by atoms with Crippen LogP contribution in [0.4, 0.5) is 10.1 Å². The molecule has 0 aromatic heterocycles. The third-order valence-corrected chi connectivity index (χ3v) is 5.14. The van der Waals surface area contributed by atoms with E-state index in [4.69, 9.17) is 4.74 Å². The zero-order valence-electron chi connectivity index (χ0n) is 16.0. The highest BCUT2D eigenvalue weighted by Crippen LogP contribution is 2.13. The quantitative estimate of drug-likeness (QED) is 0.671. The van der Waals surface area contributed by atoms with Gasteiger partial charge in [-0.1, -0.05) is 6.07 Å². The van der Waals surface area contributed by atoms with Gasteiger partial charge in [0.05, 0.1) is 7.11 Å². The molecule has 1 heterocycles. The number of benzene rings is 2. The zero-order valence-corrected chi connectivity index (χ0v) is 16.0. The number of rotatable bonds is 6. The number of hydrogen-bond donors (Lipinski definition) is 3. The van der Waals surface area contributed by atoms with Gasteiger partial charge in [-0.05, 0) is 48.9 Å². The van der Waals surface area contributed by atoms with Gasteiger partial charge >= 0.3 is 0 Å². The van der Waals surface area contributed by atoms with Crippen LogP contribution in [0.1, 0.15) is 11.1 Å². The second-order valence-electron chi connectivity index (χ2n) is 7.21. The van der Waals surface area contributed by atoms with E-state index in [1.165, 1.54) is 21.4 Å². The first-order valence-corrected chi connectivity index (χ1v) is 9.39. The van der Waals surface area contributed by atoms with E-state index in [1.807, 2.05) is 12.1 Å². The monoisotopic (exact) mass is 373 g/mol. The predicted molar refractivity (Wildman–Crippen MR) is 103 cm³/mol. The first kappa shape index (κ1) is 19.3. The second kappa shape index (κ2) is 8.97. The summed E-state index contributed by atoms with van der Waals surface area (Å²) >= 11 is 0. The van der Waals surface area contributed by atoms with Gasteiger partial charge in [-0.25, -0.2) is 4.39 Å². The first-order chi connectivity index (χ1) is 13.0. The van der Waals surface area contributed by atoms with Crippen molar-refractivity contribution in [3.8, 4) is 5.75 Å². The molecule has 1 fully saturated rings. The Bertz CT molecular complexity index is 771. The van der Waals surface area contributed by atoms with Gasteiger partial charge in [-0.3, -0.25) is 4.79 Å². The van der Waals surface area contributed by atoms with Gasteiger partial charge in [-0.15, -0.1) is 0 Å². The maximum absolute atomic E-state index is 13.6. The molecule has 0 atom stereocenters. The largest absolute Gasteiger partial charge is 0.497 e. The fourth-order valence-electron chi connectivity index (χ4n) is 3.45. The van der Waals surface area contributed by atoms with Crippen LogP contribution in [0.15, 0.2) is 42.5 Å². The molecule has 0 saturated carbocycles. The van der Waals surface area contributed by atoms with E-state index in [0.29, 0.717) is 17.8 Å². The molecule has 0 unspecified atom stereocenters. The predicted octanol–water partition coefficient (Wildman–Crippen LogP) is 0.0648. The highest BCUT2D eigenvalue weighted by atomic mass is 19.1. The summed E-state index contributed by atoms with van der Waals surface area (Å²) in [5.74, 6) is 0.519. The van der Waals surface area contributed by atoms with Crippen LogP contribution in [0, 0.1) is 12.7 Å². The van der Waals surface area contributed by atoms with Crippen molar-refractivity contribution in [2.45, 2.75) is 13.5 Å². The summed E-state index contributed by atoms with van der Waals surface area (Å²) in [6, 6.07) is 13.0. The van der Waals surface area contributed by atoms with Gasteiger partial charge in [0.15, 0.2) is 6.54 Å². The number of methoxy groups -OCH3 is 1. The average Bonchev–Trinajstić information content (AvgIpc) is 2.67. The number of halogens is 1. The van der Waals surface area contributed by atoms with Crippen LogP contribution in [0.3, 0.4) is 0 Å². The minimum atomic E-state index is -0.295. The van der Waals surface area contributed by atoms with Crippen LogP contribution in [0.25, 0.3) is 0 Å². The zero-order chi connectivity index (χ0) is 19.2. The van der Waals surface area contributed by atoms with Gasteiger partial charge in [0.1, 0.15) is 44.3 Å². The molecular weight excluding hydrogens is 345 g/mol. The van der Waals surface area contributed by atoms with E-state index in [2.05, 4.69) is 17.4 Å². The van der Waals surface area contributed by atoms with Crippen LogP contribution in [0.5, 0.6) is 5.75 Å². The molecule has 0 radical (unpaired) electrons. The molecule has 3 N–H and O–H groups in total. The molecule has 1 aliphatic heterocycles. The number of hydrogen-bond acceptors (Lipinski definition) is 2. The van der Waals surface area contributed by atoms with Crippen molar-refractivity contribution in [2.75, 3.05) is 45.2 Å². The maximum Gasteiger partial charge on any atom is 0.279 e. The summed E-state index contributed by atoms with van der Waals surface area (Å²) in [6.07, 6.45) is 0. The summed E-state index contributed by atoms with van der Waals surface area (Å²) < 4.78 is 18.8. The molecule has 3 rings (SSSR count). The third-order valence-electron chi connectivity index (χ3n) is 5.14. The van der Waals surface area contributed by atoms with Gasteiger partial charge < -0.3 is 19.9 Å². The van der Waals surface area contributed by atoms with Crippen molar-refractivity contribution < 1.29 is 23.7 Å². The van der Waals surface area contributed by atoms with Crippen molar-refractivity contribution in [2.24, 2.45) is 0 Å². The molecule has 1 amide bonds. The highest BCUT2D eigenvalue weighted by Gasteiger charge is 2.25. The van der Waals surface area contributed by atoms with Crippen LogP contribution in [-0.4, -0.2) is 45.7 Å². The topological polar surface area (TPSA) is 47.2 Å². The summed E-state index contributed by atoms with van der Waals surface area (Å²) in [7, 11) is 1.67. The second-order valence-corrected chi connectivity index (χ2v) is 7.21. The molecule has 5 nitrogen and oxygen atoms in total. The normalized spacial score (nSPS) is 19.5. The lowest BCUT2D eigenvalue weighted by atomic mass is 10.2. The van der Waals surface area contributed by atoms with Crippen molar-refractivity contribution >= 4 is 11.6 Å². The van der Waals surface area contributed by atoms with E-state index in [1.54, 1.807) is 26.2 Å².